The number of aliphatic hydroxyl groups excluding tert-OH is 1. The summed E-state index contributed by atoms with van der Waals surface area (Å²) in [5.74, 6) is -1.04. The van der Waals surface area contributed by atoms with Gasteiger partial charge in [-0.3, -0.25) is 9.59 Å². The van der Waals surface area contributed by atoms with Crippen molar-refractivity contribution in [1.82, 2.24) is 5.32 Å². The first-order valence-electron chi connectivity index (χ1n) is 7.55. The van der Waals surface area contributed by atoms with Crippen LogP contribution in [0.2, 0.25) is 0 Å². The van der Waals surface area contributed by atoms with Gasteiger partial charge in [-0.2, -0.15) is 0 Å². The van der Waals surface area contributed by atoms with Crippen LogP contribution in [-0.2, 0) is 16.0 Å². The van der Waals surface area contributed by atoms with Gasteiger partial charge in [-0.15, -0.1) is 0 Å². The van der Waals surface area contributed by atoms with Gasteiger partial charge in [-0.1, -0.05) is 6.07 Å². The van der Waals surface area contributed by atoms with Gasteiger partial charge >= 0.3 is 0 Å². The number of anilines is 1. The number of hydrogen-bond acceptors (Lipinski definition) is 3. The Morgan fingerprint density at radius 3 is 2.77 bits per heavy atom. The maximum Gasteiger partial charge on any atom is 0.252 e. The summed E-state index contributed by atoms with van der Waals surface area (Å²) in [6, 6.07) is 3.36. The fraction of sp³-hybridized carbons (Fsp3) is 0.500. The number of nitrogens with zero attached hydrogens (tertiary/aromatic N) is 1. The number of fused-ring (bicyclic) bond motifs is 1. The molecule has 1 fully saturated rings. The molecular formula is C16H19FN2O3. The van der Waals surface area contributed by atoms with Crippen molar-refractivity contribution in [2.24, 2.45) is 5.92 Å². The van der Waals surface area contributed by atoms with E-state index in [2.05, 4.69) is 5.32 Å². The SMILES string of the molecule is CC(O)C(NC(=O)C1CC1)C(=O)N1CCc2ccc(F)cc21. The minimum atomic E-state index is -1.01. The summed E-state index contributed by atoms with van der Waals surface area (Å²) in [5, 5.41) is 12.5. The predicted molar refractivity (Wildman–Crippen MR) is 78.8 cm³/mol. The van der Waals surface area contributed by atoms with Crippen LogP contribution in [0.1, 0.15) is 25.3 Å². The van der Waals surface area contributed by atoms with E-state index >= 15 is 0 Å². The molecule has 0 radical (unpaired) electrons. The van der Waals surface area contributed by atoms with Crippen LogP contribution >= 0.6 is 0 Å². The van der Waals surface area contributed by atoms with Crippen LogP contribution in [0.15, 0.2) is 18.2 Å². The molecule has 2 atom stereocenters. The van der Waals surface area contributed by atoms with Gasteiger partial charge in [-0.25, -0.2) is 4.39 Å². The van der Waals surface area contributed by atoms with E-state index in [1.165, 1.54) is 24.0 Å². The number of carbonyl (C=O) groups is 2. The summed E-state index contributed by atoms with van der Waals surface area (Å²) in [4.78, 5) is 26.0. The average molecular weight is 306 g/mol. The number of amides is 2. The summed E-state index contributed by atoms with van der Waals surface area (Å²) >= 11 is 0. The van der Waals surface area contributed by atoms with Crippen LogP contribution in [0.25, 0.3) is 0 Å². The monoisotopic (exact) mass is 306 g/mol. The molecule has 1 aliphatic heterocycles. The molecule has 2 aliphatic rings. The molecule has 0 bridgehead atoms. The van der Waals surface area contributed by atoms with Crippen molar-refractivity contribution < 1.29 is 19.1 Å². The highest BCUT2D eigenvalue weighted by Gasteiger charge is 2.37. The van der Waals surface area contributed by atoms with E-state index in [9.17, 15) is 19.1 Å². The van der Waals surface area contributed by atoms with E-state index in [1.807, 2.05) is 0 Å². The van der Waals surface area contributed by atoms with Crippen molar-refractivity contribution in [2.45, 2.75) is 38.3 Å². The Kier molecular flexibility index (Phi) is 3.87. The molecule has 0 spiro atoms. The summed E-state index contributed by atoms with van der Waals surface area (Å²) in [5.41, 5.74) is 1.42. The molecule has 0 aromatic heterocycles. The lowest BCUT2D eigenvalue weighted by Gasteiger charge is -2.26. The molecule has 5 nitrogen and oxygen atoms in total. The first-order chi connectivity index (χ1) is 10.5. The van der Waals surface area contributed by atoms with E-state index in [-0.39, 0.29) is 11.8 Å². The first-order valence-corrected chi connectivity index (χ1v) is 7.55. The van der Waals surface area contributed by atoms with E-state index < -0.39 is 23.9 Å². The second kappa shape index (κ2) is 5.68. The summed E-state index contributed by atoms with van der Waals surface area (Å²) in [7, 11) is 0. The van der Waals surface area contributed by atoms with Gasteiger partial charge < -0.3 is 15.3 Å². The summed E-state index contributed by atoms with van der Waals surface area (Å²) < 4.78 is 13.4. The molecule has 2 N–H and O–H groups in total. The molecule has 118 valence electrons. The van der Waals surface area contributed by atoms with Crippen molar-refractivity contribution in [3.05, 3.63) is 29.6 Å². The van der Waals surface area contributed by atoms with Crippen LogP contribution in [0.5, 0.6) is 0 Å². The molecule has 1 aromatic rings. The fourth-order valence-corrected chi connectivity index (χ4v) is 2.75. The maximum atomic E-state index is 13.4. The number of benzene rings is 1. The zero-order valence-electron chi connectivity index (χ0n) is 12.4. The smallest absolute Gasteiger partial charge is 0.252 e. The van der Waals surface area contributed by atoms with Gasteiger partial charge in [0, 0.05) is 18.2 Å². The highest BCUT2D eigenvalue weighted by atomic mass is 19.1. The number of halogens is 1. The summed E-state index contributed by atoms with van der Waals surface area (Å²) in [6.07, 6.45) is 1.28. The Hall–Kier alpha value is -1.95. The number of hydrogen-bond donors (Lipinski definition) is 2. The zero-order valence-corrected chi connectivity index (χ0v) is 12.4. The molecule has 0 saturated heterocycles. The van der Waals surface area contributed by atoms with Gasteiger partial charge in [0.25, 0.3) is 5.91 Å². The standard InChI is InChI=1S/C16H19FN2O3/c1-9(20)14(18-15(21)11-2-3-11)16(22)19-7-6-10-4-5-12(17)8-13(10)19/h4-5,8-9,11,14,20H,2-3,6-7H2,1H3,(H,18,21). The zero-order chi connectivity index (χ0) is 15.9. The van der Waals surface area contributed by atoms with Crippen LogP contribution in [0, 0.1) is 11.7 Å². The van der Waals surface area contributed by atoms with Crippen LogP contribution in [0.3, 0.4) is 0 Å². The third-order valence-corrected chi connectivity index (χ3v) is 4.20. The molecular weight excluding hydrogens is 287 g/mol. The Morgan fingerprint density at radius 1 is 1.41 bits per heavy atom. The van der Waals surface area contributed by atoms with E-state index in [1.54, 1.807) is 6.07 Å². The molecule has 3 rings (SSSR count). The lowest BCUT2D eigenvalue weighted by molar-refractivity contribution is -0.130. The highest BCUT2D eigenvalue weighted by molar-refractivity contribution is 6.01. The third kappa shape index (κ3) is 2.83. The van der Waals surface area contributed by atoms with Gasteiger partial charge in [0.15, 0.2) is 0 Å². The Balaban J connectivity index is 1.79. The highest BCUT2D eigenvalue weighted by Crippen LogP contribution is 2.31. The number of carbonyl (C=O) groups excluding carboxylic acids is 2. The van der Waals surface area contributed by atoms with Crippen molar-refractivity contribution in [3.8, 4) is 0 Å². The quantitative estimate of drug-likeness (QED) is 0.871. The van der Waals surface area contributed by atoms with Gasteiger partial charge in [0.2, 0.25) is 5.91 Å². The molecule has 1 aliphatic carbocycles. The third-order valence-electron chi connectivity index (χ3n) is 4.20. The van der Waals surface area contributed by atoms with Crippen molar-refractivity contribution in [3.63, 3.8) is 0 Å². The molecule has 1 saturated carbocycles. The van der Waals surface area contributed by atoms with E-state index in [0.29, 0.717) is 18.7 Å². The molecule has 22 heavy (non-hydrogen) atoms. The van der Waals surface area contributed by atoms with Gasteiger partial charge in [-0.05, 0) is 43.9 Å². The van der Waals surface area contributed by atoms with Crippen LogP contribution in [0.4, 0.5) is 10.1 Å². The predicted octanol–water partition coefficient (Wildman–Crippen LogP) is 0.990. The van der Waals surface area contributed by atoms with E-state index in [4.69, 9.17) is 0 Å². The minimum Gasteiger partial charge on any atom is -0.391 e. The number of rotatable bonds is 4. The van der Waals surface area contributed by atoms with Gasteiger partial charge in [0.05, 0.1) is 6.10 Å². The van der Waals surface area contributed by atoms with Crippen molar-refractivity contribution in [1.29, 1.82) is 0 Å². The van der Waals surface area contributed by atoms with Crippen molar-refractivity contribution in [2.75, 3.05) is 11.4 Å². The Labute approximate surface area is 128 Å². The lowest BCUT2D eigenvalue weighted by Crippen LogP contribution is -2.54. The number of aliphatic hydroxyl groups is 1. The fourth-order valence-electron chi connectivity index (χ4n) is 2.75. The molecule has 2 amide bonds. The molecule has 1 aromatic carbocycles. The Bertz CT molecular complexity index is 613. The Morgan fingerprint density at radius 2 is 2.14 bits per heavy atom. The minimum absolute atomic E-state index is 0.0441. The molecule has 1 heterocycles. The van der Waals surface area contributed by atoms with Gasteiger partial charge in [0.1, 0.15) is 11.9 Å². The van der Waals surface area contributed by atoms with Crippen LogP contribution < -0.4 is 10.2 Å². The van der Waals surface area contributed by atoms with E-state index in [0.717, 1.165) is 18.4 Å². The topological polar surface area (TPSA) is 69.6 Å². The molecule has 6 heteroatoms. The number of nitrogens with one attached hydrogen (secondary N) is 1. The normalized spacial score (nSPS) is 19.5. The van der Waals surface area contributed by atoms with Crippen molar-refractivity contribution >= 4 is 17.5 Å². The average Bonchev–Trinajstić information content (AvgIpc) is 3.24. The lowest BCUT2D eigenvalue weighted by atomic mass is 10.1. The van der Waals surface area contributed by atoms with Crippen LogP contribution in [-0.4, -0.2) is 35.6 Å². The second-order valence-corrected chi connectivity index (χ2v) is 6.01. The first kappa shape index (κ1) is 15.0. The largest absolute Gasteiger partial charge is 0.391 e. The molecule has 2 unspecified atom stereocenters. The maximum absolute atomic E-state index is 13.4. The summed E-state index contributed by atoms with van der Waals surface area (Å²) in [6.45, 7) is 1.90. The second-order valence-electron chi connectivity index (χ2n) is 6.01.